The van der Waals surface area contributed by atoms with Crippen molar-refractivity contribution in [2.24, 2.45) is 0 Å². The number of amides is 3. The molecule has 1 aromatic heterocycles. The standard InChI is InChI=1S/C21H27N3O4S/c1-21(2,3)28-20(27)22-11-10-18(25)23-14-15-7-4-5-9-17(15)24-19(26)13-16-8-6-12-29-16/h4-9,12H,10-11,13-14H2,1-3H3,(H,22,27)(H,23,25)(H,24,26). The Bertz CT molecular complexity index is 829. The van der Waals surface area contributed by atoms with Gasteiger partial charge in [-0.05, 0) is 43.8 Å². The van der Waals surface area contributed by atoms with Crippen molar-refractivity contribution in [2.45, 2.75) is 45.8 Å². The lowest BCUT2D eigenvalue weighted by Crippen LogP contribution is -2.35. The van der Waals surface area contributed by atoms with E-state index in [1.54, 1.807) is 26.8 Å². The number of carbonyl (C=O) groups excluding carboxylic acids is 3. The lowest BCUT2D eigenvalue weighted by atomic mass is 10.1. The van der Waals surface area contributed by atoms with Gasteiger partial charge in [0.25, 0.3) is 0 Å². The van der Waals surface area contributed by atoms with Crippen LogP contribution in [0.3, 0.4) is 0 Å². The van der Waals surface area contributed by atoms with E-state index in [-0.39, 0.29) is 31.3 Å². The number of ether oxygens (including phenoxy) is 1. The second-order valence-electron chi connectivity index (χ2n) is 7.42. The largest absolute Gasteiger partial charge is 0.444 e. The van der Waals surface area contributed by atoms with E-state index in [2.05, 4.69) is 16.0 Å². The fourth-order valence-electron chi connectivity index (χ4n) is 2.44. The lowest BCUT2D eigenvalue weighted by Gasteiger charge is -2.19. The molecule has 0 atom stereocenters. The van der Waals surface area contributed by atoms with E-state index in [1.807, 2.05) is 35.7 Å². The number of thiophene rings is 1. The Morgan fingerprint density at radius 2 is 1.76 bits per heavy atom. The molecule has 7 nitrogen and oxygen atoms in total. The first-order chi connectivity index (χ1) is 13.7. The van der Waals surface area contributed by atoms with Gasteiger partial charge in [0.2, 0.25) is 11.8 Å². The number of anilines is 1. The summed E-state index contributed by atoms with van der Waals surface area (Å²) < 4.78 is 5.12. The van der Waals surface area contributed by atoms with Crippen LogP contribution in [0.15, 0.2) is 41.8 Å². The molecule has 8 heteroatoms. The van der Waals surface area contributed by atoms with E-state index < -0.39 is 11.7 Å². The van der Waals surface area contributed by atoms with Gasteiger partial charge >= 0.3 is 6.09 Å². The fraction of sp³-hybridized carbons (Fsp3) is 0.381. The molecule has 2 aromatic rings. The molecule has 0 saturated carbocycles. The van der Waals surface area contributed by atoms with Crippen molar-refractivity contribution in [1.82, 2.24) is 10.6 Å². The Morgan fingerprint density at radius 3 is 2.45 bits per heavy atom. The summed E-state index contributed by atoms with van der Waals surface area (Å²) in [6.45, 7) is 5.78. The molecule has 1 heterocycles. The van der Waals surface area contributed by atoms with E-state index in [0.29, 0.717) is 12.1 Å². The number of hydrogen-bond acceptors (Lipinski definition) is 5. The van der Waals surface area contributed by atoms with E-state index in [9.17, 15) is 14.4 Å². The maximum atomic E-state index is 12.2. The highest BCUT2D eigenvalue weighted by Gasteiger charge is 2.16. The SMILES string of the molecule is CC(C)(C)OC(=O)NCCC(=O)NCc1ccccc1NC(=O)Cc1cccs1. The van der Waals surface area contributed by atoms with Crippen LogP contribution < -0.4 is 16.0 Å². The molecule has 3 N–H and O–H groups in total. The Labute approximate surface area is 174 Å². The van der Waals surface area contributed by atoms with Gasteiger partial charge in [0.1, 0.15) is 5.60 Å². The lowest BCUT2D eigenvalue weighted by molar-refractivity contribution is -0.121. The van der Waals surface area contributed by atoms with Gasteiger partial charge in [0.05, 0.1) is 6.42 Å². The Morgan fingerprint density at radius 1 is 1.00 bits per heavy atom. The van der Waals surface area contributed by atoms with Gasteiger partial charge in [-0.1, -0.05) is 24.3 Å². The molecule has 29 heavy (non-hydrogen) atoms. The van der Waals surface area contributed by atoms with Crippen molar-refractivity contribution in [3.63, 3.8) is 0 Å². The first-order valence-electron chi connectivity index (χ1n) is 9.36. The summed E-state index contributed by atoms with van der Waals surface area (Å²) in [5.74, 6) is -0.312. The van der Waals surface area contributed by atoms with Crippen LogP contribution in [0, 0.1) is 0 Å². The zero-order valence-electron chi connectivity index (χ0n) is 16.9. The van der Waals surface area contributed by atoms with Crippen LogP contribution in [0.1, 0.15) is 37.6 Å². The molecule has 0 aliphatic rings. The summed E-state index contributed by atoms with van der Waals surface area (Å²) in [6, 6.07) is 11.2. The highest BCUT2D eigenvalue weighted by atomic mass is 32.1. The van der Waals surface area contributed by atoms with E-state index in [4.69, 9.17) is 4.74 Å². The quantitative estimate of drug-likeness (QED) is 0.613. The average molecular weight is 418 g/mol. The first kappa shape index (κ1) is 22.4. The number of para-hydroxylation sites is 1. The van der Waals surface area contributed by atoms with Crippen molar-refractivity contribution in [2.75, 3.05) is 11.9 Å². The summed E-state index contributed by atoms with van der Waals surface area (Å²) >= 11 is 1.54. The third-order valence-electron chi connectivity index (χ3n) is 3.70. The Balaban J connectivity index is 1.77. The normalized spacial score (nSPS) is 10.9. The predicted molar refractivity (Wildman–Crippen MR) is 114 cm³/mol. The molecule has 0 saturated heterocycles. The van der Waals surface area contributed by atoms with Gasteiger partial charge in [-0.3, -0.25) is 9.59 Å². The van der Waals surface area contributed by atoms with E-state index in [1.165, 1.54) is 11.3 Å². The second-order valence-corrected chi connectivity index (χ2v) is 8.45. The minimum Gasteiger partial charge on any atom is -0.444 e. The Hall–Kier alpha value is -2.87. The number of rotatable bonds is 8. The van der Waals surface area contributed by atoms with Crippen LogP contribution in [0.25, 0.3) is 0 Å². The van der Waals surface area contributed by atoms with Gasteiger partial charge in [-0.2, -0.15) is 0 Å². The molecule has 1 aromatic carbocycles. The number of benzene rings is 1. The van der Waals surface area contributed by atoms with Crippen LogP contribution in [-0.4, -0.2) is 30.1 Å². The van der Waals surface area contributed by atoms with Crippen molar-refractivity contribution in [1.29, 1.82) is 0 Å². The van der Waals surface area contributed by atoms with Crippen LogP contribution >= 0.6 is 11.3 Å². The predicted octanol–water partition coefficient (Wildman–Crippen LogP) is 3.46. The van der Waals surface area contributed by atoms with Gasteiger partial charge in [0, 0.05) is 30.1 Å². The highest BCUT2D eigenvalue weighted by Crippen LogP contribution is 2.16. The van der Waals surface area contributed by atoms with Crippen LogP contribution in [0.5, 0.6) is 0 Å². The molecule has 2 rings (SSSR count). The zero-order valence-corrected chi connectivity index (χ0v) is 17.7. The third kappa shape index (κ3) is 8.78. The van der Waals surface area contributed by atoms with Crippen LogP contribution in [0.4, 0.5) is 10.5 Å². The number of nitrogens with one attached hydrogen (secondary N) is 3. The molecule has 3 amide bonds. The van der Waals surface area contributed by atoms with Gasteiger partial charge in [-0.25, -0.2) is 4.79 Å². The molecule has 0 unspecified atom stereocenters. The fourth-order valence-corrected chi connectivity index (χ4v) is 3.14. The monoisotopic (exact) mass is 417 g/mol. The summed E-state index contributed by atoms with van der Waals surface area (Å²) in [7, 11) is 0. The minimum atomic E-state index is -0.579. The molecule has 156 valence electrons. The van der Waals surface area contributed by atoms with Crippen molar-refractivity contribution in [3.8, 4) is 0 Å². The summed E-state index contributed by atoms with van der Waals surface area (Å²) in [5.41, 5.74) is 0.894. The van der Waals surface area contributed by atoms with E-state index in [0.717, 1.165) is 10.4 Å². The summed E-state index contributed by atoms with van der Waals surface area (Å²) in [6.07, 6.45) is -0.106. The summed E-state index contributed by atoms with van der Waals surface area (Å²) in [4.78, 5) is 36.8. The molecule has 0 radical (unpaired) electrons. The Kier molecular flexibility index (Phi) is 8.21. The molecule has 0 spiro atoms. The summed E-state index contributed by atoms with van der Waals surface area (Å²) in [5, 5.41) is 10.2. The highest BCUT2D eigenvalue weighted by molar-refractivity contribution is 7.10. The maximum Gasteiger partial charge on any atom is 0.407 e. The number of alkyl carbamates (subject to hydrolysis) is 1. The first-order valence-corrected chi connectivity index (χ1v) is 10.2. The zero-order chi connectivity index (χ0) is 21.3. The van der Waals surface area contributed by atoms with E-state index >= 15 is 0 Å². The molecular weight excluding hydrogens is 390 g/mol. The second kappa shape index (κ2) is 10.6. The molecule has 0 fully saturated rings. The maximum absolute atomic E-state index is 12.2. The van der Waals surface area contributed by atoms with Crippen LogP contribution in [0.2, 0.25) is 0 Å². The molecular formula is C21H27N3O4S. The van der Waals surface area contributed by atoms with Crippen molar-refractivity contribution < 1.29 is 19.1 Å². The number of hydrogen-bond donors (Lipinski definition) is 3. The number of carbonyl (C=O) groups is 3. The smallest absolute Gasteiger partial charge is 0.407 e. The molecule has 0 bridgehead atoms. The van der Waals surface area contributed by atoms with Gasteiger partial charge in [-0.15, -0.1) is 11.3 Å². The minimum absolute atomic E-state index is 0.104. The van der Waals surface area contributed by atoms with Crippen molar-refractivity contribution >= 4 is 34.9 Å². The van der Waals surface area contributed by atoms with Gasteiger partial charge < -0.3 is 20.7 Å². The molecule has 0 aliphatic carbocycles. The topological polar surface area (TPSA) is 96.5 Å². The van der Waals surface area contributed by atoms with Crippen LogP contribution in [-0.2, 0) is 27.3 Å². The van der Waals surface area contributed by atoms with Gasteiger partial charge in [0.15, 0.2) is 0 Å². The van der Waals surface area contributed by atoms with Crippen molar-refractivity contribution in [3.05, 3.63) is 52.2 Å². The average Bonchev–Trinajstić information content (AvgIpc) is 3.12. The molecule has 0 aliphatic heterocycles. The third-order valence-corrected chi connectivity index (χ3v) is 4.58.